The predicted octanol–water partition coefficient (Wildman–Crippen LogP) is 3.23. The van der Waals surface area contributed by atoms with E-state index in [1.807, 2.05) is 19.1 Å². The lowest BCUT2D eigenvalue weighted by Crippen LogP contribution is -1.88. The molecule has 1 N–H and O–H groups in total. The summed E-state index contributed by atoms with van der Waals surface area (Å²) in [6.45, 7) is 10.0. The molecule has 0 aliphatic carbocycles. The van der Waals surface area contributed by atoms with Crippen LogP contribution in [0, 0.1) is 0 Å². The Morgan fingerprint density at radius 1 is 1.31 bits per heavy atom. The Kier molecular flexibility index (Phi) is 6.25. The molecule has 0 rings (SSSR count). The number of allylic oxidation sites excluding steroid dienone is 3. The van der Waals surface area contributed by atoms with Crippen LogP contribution in [-0.4, -0.2) is 11.7 Å². The van der Waals surface area contributed by atoms with E-state index in [0.29, 0.717) is 0 Å². The Bertz CT molecular complexity index is 221. The van der Waals surface area contributed by atoms with E-state index in [-0.39, 0.29) is 6.61 Å². The molecule has 0 aromatic rings. The van der Waals surface area contributed by atoms with Crippen molar-refractivity contribution in [2.45, 2.75) is 33.6 Å². The van der Waals surface area contributed by atoms with Crippen LogP contribution in [0.4, 0.5) is 0 Å². The van der Waals surface area contributed by atoms with Gasteiger partial charge in [-0.2, -0.15) is 0 Å². The summed E-state index contributed by atoms with van der Waals surface area (Å²) in [7, 11) is 0. The molecule has 0 radical (unpaired) electrons. The minimum Gasteiger partial charge on any atom is -0.392 e. The largest absolute Gasteiger partial charge is 0.392 e. The Balaban J connectivity index is 4.43. The Labute approximate surface area is 81.5 Å². The topological polar surface area (TPSA) is 20.2 Å². The molecular formula is C12H20O. The standard InChI is InChI=1S/C12H20O/c1-5-6-11(4)8-12(9-13)7-10(2)3/h7-8,13H,2,5-6,9H2,1,3-4H3/b11-8-,12-7+. The molecule has 0 atom stereocenters. The van der Waals surface area contributed by atoms with Gasteiger partial charge in [0.1, 0.15) is 0 Å². The molecule has 0 fully saturated rings. The first kappa shape index (κ1) is 12.2. The zero-order valence-electron chi connectivity index (χ0n) is 8.93. The van der Waals surface area contributed by atoms with Crippen LogP contribution >= 0.6 is 0 Å². The third-order valence-corrected chi connectivity index (χ3v) is 1.69. The molecule has 74 valence electrons. The number of hydrogen-bond acceptors (Lipinski definition) is 1. The van der Waals surface area contributed by atoms with Gasteiger partial charge in [0.2, 0.25) is 0 Å². The molecule has 0 saturated heterocycles. The van der Waals surface area contributed by atoms with Gasteiger partial charge in [0.25, 0.3) is 0 Å². The van der Waals surface area contributed by atoms with E-state index in [1.54, 1.807) is 0 Å². The molecule has 0 spiro atoms. The van der Waals surface area contributed by atoms with Crippen LogP contribution < -0.4 is 0 Å². The van der Waals surface area contributed by atoms with Crippen molar-refractivity contribution >= 4 is 0 Å². The van der Waals surface area contributed by atoms with Crippen LogP contribution in [0.25, 0.3) is 0 Å². The van der Waals surface area contributed by atoms with E-state index in [1.165, 1.54) is 5.57 Å². The lowest BCUT2D eigenvalue weighted by molar-refractivity contribution is 0.334. The minimum atomic E-state index is 0.0912. The molecule has 0 amide bonds. The normalized spacial score (nSPS) is 13.2. The van der Waals surface area contributed by atoms with Crippen LogP contribution in [0.3, 0.4) is 0 Å². The maximum Gasteiger partial charge on any atom is 0.0681 e. The molecule has 0 unspecified atom stereocenters. The first-order valence-corrected chi connectivity index (χ1v) is 4.74. The number of hydrogen-bond donors (Lipinski definition) is 1. The minimum absolute atomic E-state index is 0.0912. The molecule has 0 aromatic heterocycles. The summed E-state index contributed by atoms with van der Waals surface area (Å²) in [5, 5.41) is 9.04. The Morgan fingerprint density at radius 3 is 2.31 bits per heavy atom. The summed E-state index contributed by atoms with van der Waals surface area (Å²) in [6.07, 6.45) is 6.19. The Morgan fingerprint density at radius 2 is 1.92 bits per heavy atom. The maximum absolute atomic E-state index is 9.04. The average Bonchev–Trinajstić information content (AvgIpc) is 2.02. The molecule has 1 nitrogen and oxygen atoms in total. The highest BCUT2D eigenvalue weighted by molar-refractivity contribution is 5.29. The second-order valence-electron chi connectivity index (χ2n) is 3.46. The molecule has 0 heterocycles. The van der Waals surface area contributed by atoms with Crippen molar-refractivity contribution in [1.29, 1.82) is 0 Å². The summed E-state index contributed by atoms with van der Waals surface area (Å²) in [4.78, 5) is 0. The summed E-state index contributed by atoms with van der Waals surface area (Å²) in [6, 6.07) is 0. The number of rotatable bonds is 5. The van der Waals surface area contributed by atoms with E-state index in [9.17, 15) is 0 Å². The van der Waals surface area contributed by atoms with Crippen LogP contribution in [0.15, 0.2) is 35.5 Å². The fourth-order valence-corrected chi connectivity index (χ4v) is 1.23. The lowest BCUT2D eigenvalue weighted by atomic mass is 10.1. The van der Waals surface area contributed by atoms with Crippen molar-refractivity contribution < 1.29 is 5.11 Å². The van der Waals surface area contributed by atoms with Crippen molar-refractivity contribution in [2.24, 2.45) is 0 Å². The van der Waals surface area contributed by atoms with Crippen molar-refractivity contribution in [2.75, 3.05) is 6.61 Å². The van der Waals surface area contributed by atoms with Gasteiger partial charge in [0.15, 0.2) is 0 Å². The Hall–Kier alpha value is -0.820. The maximum atomic E-state index is 9.04. The molecule has 1 heteroatoms. The third kappa shape index (κ3) is 6.35. The fraction of sp³-hybridized carbons (Fsp3) is 0.500. The highest BCUT2D eigenvalue weighted by Gasteiger charge is 1.92. The summed E-state index contributed by atoms with van der Waals surface area (Å²) in [5.74, 6) is 0. The van der Waals surface area contributed by atoms with Crippen LogP contribution in [-0.2, 0) is 0 Å². The van der Waals surface area contributed by atoms with E-state index < -0.39 is 0 Å². The first-order valence-electron chi connectivity index (χ1n) is 4.74. The average molecular weight is 180 g/mol. The summed E-state index contributed by atoms with van der Waals surface area (Å²) >= 11 is 0. The quantitative estimate of drug-likeness (QED) is 0.644. The van der Waals surface area contributed by atoms with Gasteiger partial charge in [0.05, 0.1) is 6.61 Å². The van der Waals surface area contributed by atoms with Gasteiger partial charge in [-0.05, 0) is 25.8 Å². The smallest absolute Gasteiger partial charge is 0.0681 e. The van der Waals surface area contributed by atoms with Gasteiger partial charge in [0, 0.05) is 0 Å². The molecule has 0 saturated carbocycles. The number of aliphatic hydroxyl groups is 1. The predicted molar refractivity (Wildman–Crippen MR) is 58.6 cm³/mol. The van der Waals surface area contributed by atoms with Crippen LogP contribution in [0.1, 0.15) is 33.6 Å². The summed E-state index contributed by atoms with van der Waals surface area (Å²) in [5.41, 5.74) is 3.23. The molecule has 0 aliphatic heterocycles. The van der Waals surface area contributed by atoms with Gasteiger partial charge in [-0.25, -0.2) is 0 Å². The zero-order valence-corrected chi connectivity index (χ0v) is 8.93. The highest BCUT2D eigenvalue weighted by Crippen LogP contribution is 2.09. The van der Waals surface area contributed by atoms with Gasteiger partial charge in [-0.1, -0.05) is 43.2 Å². The van der Waals surface area contributed by atoms with E-state index in [0.717, 1.165) is 24.0 Å². The summed E-state index contributed by atoms with van der Waals surface area (Å²) < 4.78 is 0. The van der Waals surface area contributed by atoms with Gasteiger partial charge < -0.3 is 5.11 Å². The fourth-order valence-electron chi connectivity index (χ4n) is 1.23. The van der Waals surface area contributed by atoms with E-state index in [4.69, 9.17) is 5.11 Å². The molecular weight excluding hydrogens is 160 g/mol. The van der Waals surface area contributed by atoms with Crippen molar-refractivity contribution in [3.8, 4) is 0 Å². The van der Waals surface area contributed by atoms with Crippen molar-refractivity contribution in [3.63, 3.8) is 0 Å². The number of aliphatic hydroxyl groups excluding tert-OH is 1. The molecule has 0 bridgehead atoms. The second kappa shape index (κ2) is 6.67. The van der Waals surface area contributed by atoms with Gasteiger partial charge in [-0.15, -0.1) is 0 Å². The second-order valence-corrected chi connectivity index (χ2v) is 3.46. The molecule has 0 aromatic carbocycles. The van der Waals surface area contributed by atoms with Crippen LogP contribution in [0.5, 0.6) is 0 Å². The van der Waals surface area contributed by atoms with E-state index in [2.05, 4.69) is 20.4 Å². The third-order valence-electron chi connectivity index (χ3n) is 1.69. The van der Waals surface area contributed by atoms with Crippen LogP contribution in [0.2, 0.25) is 0 Å². The van der Waals surface area contributed by atoms with Crippen molar-refractivity contribution in [3.05, 3.63) is 35.5 Å². The van der Waals surface area contributed by atoms with Gasteiger partial charge >= 0.3 is 0 Å². The highest BCUT2D eigenvalue weighted by atomic mass is 16.3. The molecule has 13 heavy (non-hydrogen) atoms. The monoisotopic (exact) mass is 180 g/mol. The lowest BCUT2D eigenvalue weighted by Gasteiger charge is -2.01. The SMILES string of the molecule is C=C(C)/C=C(\C=C(\C)CCC)CO. The zero-order chi connectivity index (χ0) is 10.3. The van der Waals surface area contributed by atoms with Gasteiger partial charge in [-0.3, -0.25) is 0 Å². The molecule has 0 aliphatic rings. The van der Waals surface area contributed by atoms with Crippen molar-refractivity contribution in [1.82, 2.24) is 0 Å². The van der Waals surface area contributed by atoms with E-state index >= 15 is 0 Å². The first-order chi connectivity index (χ1) is 6.10.